The number of hydrogen-bond donors (Lipinski definition) is 1. The summed E-state index contributed by atoms with van der Waals surface area (Å²) in [6.07, 6.45) is 3.12. The molecule has 3 nitrogen and oxygen atoms in total. The van der Waals surface area contributed by atoms with Gasteiger partial charge in [-0.2, -0.15) is 0 Å². The number of carbonyl (C=O) groups excluding carboxylic acids is 1. The van der Waals surface area contributed by atoms with Gasteiger partial charge in [0, 0.05) is 17.6 Å². The second-order valence-electron chi connectivity index (χ2n) is 5.04. The van der Waals surface area contributed by atoms with Crippen LogP contribution in [0.2, 0.25) is 0 Å². The van der Waals surface area contributed by atoms with E-state index in [1.807, 2.05) is 17.0 Å². The van der Waals surface area contributed by atoms with Gasteiger partial charge in [-0.05, 0) is 43.5 Å². The maximum atomic E-state index is 12.4. The van der Waals surface area contributed by atoms with Gasteiger partial charge in [-0.1, -0.05) is 35.0 Å². The molecule has 4 heteroatoms. The lowest BCUT2D eigenvalue weighted by Gasteiger charge is -2.33. The number of nitrogens with one attached hydrogen (secondary N) is 1. The smallest absolute Gasteiger partial charge is 0.240 e. The standard InChI is InChI=1S/C15H21BrN2O/c1-2-8-17-14-7-4-9-18(15(14)19)11-12-5-3-6-13(16)10-12/h3,5-6,10,14,17H,2,4,7-9,11H2,1H3. The highest BCUT2D eigenvalue weighted by molar-refractivity contribution is 9.10. The van der Waals surface area contributed by atoms with E-state index in [1.54, 1.807) is 0 Å². The van der Waals surface area contributed by atoms with Crippen LogP contribution in [-0.4, -0.2) is 29.9 Å². The summed E-state index contributed by atoms with van der Waals surface area (Å²) < 4.78 is 1.06. The molecule has 1 aromatic rings. The maximum absolute atomic E-state index is 12.4. The predicted octanol–water partition coefficient (Wildman–Crippen LogP) is 2.94. The van der Waals surface area contributed by atoms with Crippen LogP contribution in [0.1, 0.15) is 31.7 Å². The van der Waals surface area contributed by atoms with Crippen LogP contribution >= 0.6 is 15.9 Å². The van der Waals surface area contributed by atoms with Crippen LogP contribution in [0.5, 0.6) is 0 Å². The molecular weight excluding hydrogens is 304 g/mol. The van der Waals surface area contributed by atoms with Gasteiger partial charge in [0.05, 0.1) is 6.04 Å². The molecule has 19 heavy (non-hydrogen) atoms. The SMILES string of the molecule is CCCNC1CCCN(Cc2cccc(Br)c2)C1=O. The third kappa shape index (κ3) is 4.05. The molecular formula is C15H21BrN2O. The Kier molecular flexibility index (Phi) is 5.40. The Bertz CT molecular complexity index is 436. The molecule has 1 aliphatic rings. The highest BCUT2D eigenvalue weighted by Gasteiger charge is 2.27. The van der Waals surface area contributed by atoms with Crippen molar-refractivity contribution in [3.05, 3.63) is 34.3 Å². The first-order valence-corrected chi connectivity index (χ1v) is 7.76. The molecule has 1 fully saturated rings. The van der Waals surface area contributed by atoms with Crippen LogP contribution in [0.4, 0.5) is 0 Å². The number of hydrogen-bond acceptors (Lipinski definition) is 2. The first-order chi connectivity index (χ1) is 9.20. The van der Waals surface area contributed by atoms with Crippen LogP contribution in [0.15, 0.2) is 28.7 Å². The molecule has 1 N–H and O–H groups in total. The van der Waals surface area contributed by atoms with E-state index in [9.17, 15) is 4.79 Å². The zero-order valence-corrected chi connectivity index (χ0v) is 12.9. The van der Waals surface area contributed by atoms with Crippen LogP contribution in [-0.2, 0) is 11.3 Å². The minimum absolute atomic E-state index is 0.0147. The number of benzene rings is 1. The van der Waals surface area contributed by atoms with Crippen molar-refractivity contribution in [1.82, 2.24) is 10.2 Å². The summed E-state index contributed by atoms with van der Waals surface area (Å²) in [7, 11) is 0. The van der Waals surface area contributed by atoms with Crippen LogP contribution in [0.3, 0.4) is 0 Å². The van der Waals surface area contributed by atoms with Gasteiger partial charge in [0.2, 0.25) is 5.91 Å². The second kappa shape index (κ2) is 7.06. The monoisotopic (exact) mass is 324 g/mol. The van der Waals surface area contributed by atoms with Crippen LogP contribution in [0, 0.1) is 0 Å². The summed E-state index contributed by atoms with van der Waals surface area (Å²) in [4.78, 5) is 14.3. The molecule has 1 atom stereocenters. The Balaban J connectivity index is 1.97. The van der Waals surface area contributed by atoms with Gasteiger partial charge in [-0.25, -0.2) is 0 Å². The molecule has 0 spiro atoms. The molecule has 0 aliphatic carbocycles. The largest absolute Gasteiger partial charge is 0.337 e. The van der Waals surface area contributed by atoms with E-state index in [-0.39, 0.29) is 11.9 Å². The first-order valence-electron chi connectivity index (χ1n) is 6.97. The lowest BCUT2D eigenvalue weighted by atomic mass is 10.0. The van der Waals surface area contributed by atoms with Crippen molar-refractivity contribution in [3.63, 3.8) is 0 Å². The van der Waals surface area contributed by atoms with Crippen molar-refractivity contribution in [2.24, 2.45) is 0 Å². The average molecular weight is 325 g/mol. The van der Waals surface area contributed by atoms with E-state index in [0.29, 0.717) is 6.54 Å². The lowest BCUT2D eigenvalue weighted by molar-refractivity contribution is -0.136. The maximum Gasteiger partial charge on any atom is 0.240 e. The lowest BCUT2D eigenvalue weighted by Crippen LogP contribution is -2.50. The Morgan fingerprint density at radius 3 is 3.05 bits per heavy atom. The van der Waals surface area contributed by atoms with Gasteiger partial charge in [-0.3, -0.25) is 4.79 Å². The molecule has 2 rings (SSSR count). The Labute approximate surface area is 123 Å². The van der Waals surface area contributed by atoms with Gasteiger partial charge in [0.15, 0.2) is 0 Å². The second-order valence-corrected chi connectivity index (χ2v) is 5.95. The summed E-state index contributed by atoms with van der Waals surface area (Å²) in [5.41, 5.74) is 1.18. The molecule has 1 heterocycles. The number of nitrogens with zero attached hydrogens (tertiary/aromatic N) is 1. The number of rotatable bonds is 5. The van der Waals surface area contributed by atoms with Crippen molar-refractivity contribution in [2.45, 2.75) is 38.8 Å². The first kappa shape index (κ1) is 14.5. The van der Waals surface area contributed by atoms with Crippen molar-refractivity contribution >= 4 is 21.8 Å². The van der Waals surface area contributed by atoms with Gasteiger partial charge < -0.3 is 10.2 Å². The molecule has 1 aliphatic heterocycles. The Morgan fingerprint density at radius 1 is 1.47 bits per heavy atom. The minimum atomic E-state index is 0.0147. The fourth-order valence-electron chi connectivity index (χ4n) is 2.46. The quantitative estimate of drug-likeness (QED) is 0.903. The predicted molar refractivity (Wildman–Crippen MR) is 80.9 cm³/mol. The average Bonchev–Trinajstić information content (AvgIpc) is 2.40. The van der Waals surface area contributed by atoms with Crippen molar-refractivity contribution < 1.29 is 4.79 Å². The highest BCUT2D eigenvalue weighted by Crippen LogP contribution is 2.17. The number of piperidine rings is 1. The number of halogens is 1. The van der Waals surface area contributed by atoms with Crippen LogP contribution in [0.25, 0.3) is 0 Å². The highest BCUT2D eigenvalue weighted by atomic mass is 79.9. The van der Waals surface area contributed by atoms with Gasteiger partial charge in [0.25, 0.3) is 0 Å². The van der Waals surface area contributed by atoms with E-state index in [2.05, 4.69) is 40.3 Å². The summed E-state index contributed by atoms with van der Waals surface area (Å²) in [5, 5.41) is 3.35. The topological polar surface area (TPSA) is 32.3 Å². The minimum Gasteiger partial charge on any atom is -0.337 e. The molecule has 1 amide bonds. The fourth-order valence-corrected chi connectivity index (χ4v) is 2.91. The molecule has 104 valence electrons. The zero-order valence-electron chi connectivity index (χ0n) is 11.4. The van der Waals surface area contributed by atoms with Gasteiger partial charge >= 0.3 is 0 Å². The number of carbonyl (C=O) groups is 1. The van der Waals surface area contributed by atoms with E-state index in [4.69, 9.17) is 0 Å². The number of likely N-dealkylation sites (tertiary alicyclic amines) is 1. The van der Waals surface area contributed by atoms with E-state index >= 15 is 0 Å². The molecule has 0 radical (unpaired) electrons. The summed E-state index contributed by atoms with van der Waals surface area (Å²) in [6.45, 7) is 4.62. The van der Waals surface area contributed by atoms with Gasteiger partial charge in [0.1, 0.15) is 0 Å². The molecule has 0 bridgehead atoms. The van der Waals surface area contributed by atoms with Crippen molar-refractivity contribution in [3.8, 4) is 0 Å². The summed E-state index contributed by atoms with van der Waals surface area (Å²) in [6, 6.07) is 8.19. The van der Waals surface area contributed by atoms with Gasteiger partial charge in [-0.15, -0.1) is 0 Å². The third-order valence-corrected chi connectivity index (χ3v) is 3.93. The van der Waals surface area contributed by atoms with E-state index in [0.717, 1.165) is 36.8 Å². The molecule has 0 saturated carbocycles. The van der Waals surface area contributed by atoms with Crippen LogP contribution < -0.4 is 5.32 Å². The molecule has 1 unspecified atom stereocenters. The van der Waals surface area contributed by atoms with E-state index < -0.39 is 0 Å². The molecule has 0 aromatic heterocycles. The Morgan fingerprint density at radius 2 is 2.32 bits per heavy atom. The molecule has 1 saturated heterocycles. The summed E-state index contributed by atoms with van der Waals surface area (Å²) in [5.74, 6) is 0.250. The fraction of sp³-hybridized carbons (Fsp3) is 0.533. The third-order valence-electron chi connectivity index (χ3n) is 3.43. The van der Waals surface area contributed by atoms with Crippen molar-refractivity contribution in [1.29, 1.82) is 0 Å². The number of amides is 1. The zero-order chi connectivity index (χ0) is 13.7. The Hall–Kier alpha value is -0.870. The summed E-state index contributed by atoms with van der Waals surface area (Å²) >= 11 is 3.47. The van der Waals surface area contributed by atoms with E-state index in [1.165, 1.54) is 5.56 Å². The normalized spacial score (nSPS) is 19.8. The van der Waals surface area contributed by atoms with Crippen molar-refractivity contribution in [2.75, 3.05) is 13.1 Å². The molecule has 1 aromatic carbocycles.